The first-order chi connectivity index (χ1) is 15.1. The minimum atomic E-state index is -0.208. The number of para-hydroxylation sites is 1. The van der Waals surface area contributed by atoms with Crippen molar-refractivity contribution in [1.29, 1.82) is 0 Å². The number of nitrogens with zero attached hydrogens (tertiary/aromatic N) is 3. The number of pyridine rings is 1. The molecular formula is C23H22N4O3S. The van der Waals surface area contributed by atoms with Crippen molar-refractivity contribution in [2.24, 2.45) is 0 Å². The van der Waals surface area contributed by atoms with E-state index in [2.05, 4.69) is 15.4 Å². The Kier molecular flexibility index (Phi) is 6.08. The highest BCUT2D eigenvalue weighted by atomic mass is 32.2. The van der Waals surface area contributed by atoms with Gasteiger partial charge < -0.3 is 14.8 Å². The molecule has 8 heteroatoms. The van der Waals surface area contributed by atoms with E-state index in [1.807, 2.05) is 48.7 Å². The molecule has 0 fully saturated rings. The van der Waals surface area contributed by atoms with Crippen LogP contribution in [0.4, 0.5) is 5.69 Å². The van der Waals surface area contributed by atoms with E-state index in [0.717, 1.165) is 27.3 Å². The van der Waals surface area contributed by atoms with Crippen LogP contribution in [0, 0.1) is 0 Å². The smallest absolute Gasteiger partial charge is 0.257 e. The van der Waals surface area contributed by atoms with Gasteiger partial charge >= 0.3 is 0 Å². The summed E-state index contributed by atoms with van der Waals surface area (Å²) < 4.78 is 12.5. The lowest BCUT2D eigenvalue weighted by Gasteiger charge is -2.11. The summed E-state index contributed by atoms with van der Waals surface area (Å²) in [5.41, 5.74) is 2.90. The fourth-order valence-electron chi connectivity index (χ4n) is 3.30. The number of rotatable bonds is 7. The van der Waals surface area contributed by atoms with Crippen LogP contribution in [0.2, 0.25) is 0 Å². The van der Waals surface area contributed by atoms with E-state index < -0.39 is 0 Å². The molecule has 2 heterocycles. The number of fused-ring (bicyclic) bond motifs is 1. The summed E-state index contributed by atoms with van der Waals surface area (Å²) in [5.74, 6) is 1.23. The first kappa shape index (κ1) is 20.7. The van der Waals surface area contributed by atoms with Crippen molar-refractivity contribution in [3.05, 3.63) is 72.1 Å². The molecule has 0 saturated heterocycles. The molecule has 0 atom stereocenters. The predicted octanol–water partition coefficient (Wildman–Crippen LogP) is 4.47. The van der Waals surface area contributed by atoms with Crippen molar-refractivity contribution < 1.29 is 14.3 Å². The average molecular weight is 435 g/mol. The lowest BCUT2D eigenvalue weighted by Crippen LogP contribution is -2.13. The number of methoxy groups -OCH3 is 2. The Labute approximate surface area is 184 Å². The molecule has 0 aliphatic rings. The van der Waals surface area contributed by atoms with E-state index >= 15 is 0 Å². The Bertz CT molecular complexity index is 1240. The largest absolute Gasteiger partial charge is 0.497 e. The normalized spacial score (nSPS) is 10.8. The third kappa shape index (κ3) is 4.34. The van der Waals surface area contributed by atoms with Gasteiger partial charge in [0.2, 0.25) is 0 Å². The van der Waals surface area contributed by atoms with Crippen LogP contribution >= 0.6 is 11.8 Å². The third-order valence-corrected chi connectivity index (χ3v) is 5.70. The number of carbonyl (C=O) groups excluding carboxylic acids is 1. The number of carbonyl (C=O) groups is 1. The fraction of sp³-hybridized carbons (Fsp3) is 0.174. The number of nitrogens with one attached hydrogen (secondary N) is 1. The number of benzene rings is 2. The second-order valence-corrected chi connectivity index (χ2v) is 7.62. The molecule has 1 N–H and O–H groups in total. The monoisotopic (exact) mass is 434 g/mol. The maximum atomic E-state index is 12.8. The van der Waals surface area contributed by atoms with Crippen LogP contribution in [-0.2, 0) is 6.54 Å². The molecule has 0 unspecified atom stereocenters. The molecule has 7 nitrogen and oxygen atoms in total. The van der Waals surface area contributed by atoms with Gasteiger partial charge in [0, 0.05) is 28.1 Å². The van der Waals surface area contributed by atoms with Crippen LogP contribution in [0.15, 0.2) is 65.8 Å². The highest BCUT2D eigenvalue weighted by Crippen LogP contribution is 2.27. The Morgan fingerprint density at radius 1 is 1.10 bits per heavy atom. The zero-order chi connectivity index (χ0) is 21.8. The fourth-order valence-corrected chi connectivity index (χ4v) is 3.85. The van der Waals surface area contributed by atoms with Crippen LogP contribution in [0.1, 0.15) is 15.9 Å². The van der Waals surface area contributed by atoms with E-state index in [-0.39, 0.29) is 5.91 Å². The van der Waals surface area contributed by atoms with E-state index in [1.54, 1.807) is 49.1 Å². The van der Waals surface area contributed by atoms with Crippen LogP contribution in [0.25, 0.3) is 11.0 Å². The zero-order valence-corrected chi connectivity index (χ0v) is 18.3. The van der Waals surface area contributed by atoms with Crippen LogP contribution in [0.3, 0.4) is 0 Å². The van der Waals surface area contributed by atoms with Crippen molar-refractivity contribution in [2.75, 3.05) is 25.8 Å². The van der Waals surface area contributed by atoms with Gasteiger partial charge in [-0.05, 0) is 36.6 Å². The third-order valence-electron chi connectivity index (χ3n) is 4.91. The maximum Gasteiger partial charge on any atom is 0.257 e. The number of anilines is 1. The van der Waals surface area contributed by atoms with Crippen LogP contribution in [-0.4, -0.2) is 41.1 Å². The number of aromatic nitrogens is 3. The van der Waals surface area contributed by atoms with Crippen molar-refractivity contribution in [1.82, 2.24) is 14.8 Å². The Balaban J connectivity index is 1.58. The molecule has 31 heavy (non-hydrogen) atoms. The summed E-state index contributed by atoms with van der Waals surface area (Å²) in [5, 5.41) is 8.20. The van der Waals surface area contributed by atoms with Crippen molar-refractivity contribution >= 4 is 34.4 Å². The highest BCUT2D eigenvalue weighted by Gasteiger charge is 2.14. The van der Waals surface area contributed by atoms with Crippen LogP contribution < -0.4 is 14.8 Å². The summed E-state index contributed by atoms with van der Waals surface area (Å²) in [6, 6.07) is 15.2. The van der Waals surface area contributed by atoms with Gasteiger partial charge in [0.25, 0.3) is 5.91 Å². The lowest BCUT2D eigenvalue weighted by atomic mass is 10.2. The van der Waals surface area contributed by atoms with Gasteiger partial charge in [0.15, 0.2) is 5.65 Å². The summed E-state index contributed by atoms with van der Waals surface area (Å²) in [6.45, 7) is 0.482. The van der Waals surface area contributed by atoms with Gasteiger partial charge in [-0.3, -0.25) is 4.79 Å². The standard InChI is InChI=1S/C23H22N4O3S/c1-29-18-9-8-15(20(11-18)30-2)14-27-22-16(13-25-27)10-17(12-24-22)23(28)26-19-6-4-5-7-21(19)31-3/h4-13H,14H2,1-3H3,(H,26,28). The second kappa shape index (κ2) is 9.09. The molecule has 0 radical (unpaired) electrons. The number of hydrogen-bond donors (Lipinski definition) is 1. The molecule has 2 aromatic heterocycles. The van der Waals surface area contributed by atoms with Crippen molar-refractivity contribution in [3.63, 3.8) is 0 Å². The molecule has 4 aromatic rings. The summed E-state index contributed by atoms with van der Waals surface area (Å²) in [6.07, 6.45) is 5.26. The number of thioether (sulfide) groups is 1. The molecule has 2 aromatic carbocycles. The Morgan fingerprint density at radius 2 is 1.94 bits per heavy atom. The van der Waals surface area contributed by atoms with Gasteiger partial charge in [-0.1, -0.05) is 12.1 Å². The zero-order valence-electron chi connectivity index (χ0n) is 17.5. The van der Waals surface area contributed by atoms with Crippen molar-refractivity contribution in [3.8, 4) is 11.5 Å². The molecule has 0 spiro atoms. The van der Waals surface area contributed by atoms with Gasteiger partial charge in [0.1, 0.15) is 11.5 Å². The predicted molar refractivity (Wildman–Crippen MR) is 122 cm³/mol. The van der Waals surface area contributed by atoms with E-state index in [4.69, 9.17) is 9.47 Å². The average Bonchev–Trinajstić information content (AvgIpc) is 3.21. The molecular weight excluding hydrogens is 412 g/mol. The Morgan fingerprint density at radius 3 is 2.71 bits per heavy atom. The molecule has 0 aliphatic heterocycles. The lowest BCUT2D eigenvalue weighted by molar-refractivity contribution is 0.102. The quantitative estimate of drug-likeness (QED) is 0.433. The summed E-state index contributed by atoms with van der Waals surface area (Å²) >= 11 is 1.58. The number of amides is 1. The molecule has 158 valence electrons. The minimum Gasteiger partial charge on any atom is -0.497 e. The summed E-state index contributed by atoms with van der Waals surface area (Å²) in [4.78, 5) is 18.3. The van der Waals surface area contributed by atoms with Crippen molar-refractivity contribution in [2.45, 2.75) is 11.4 Å². The molecule has 0 aliphatic carbocycles. The van der Waals surface area contributed by atoms with Gasteiger partial charge in [-0.25, -0.2) is 9.67 Å². The molecule has 0 saturated carbocycles. The molecule has 0 bridgehead atoms. The first-order valence-corrected chi connectivity index (χ1v) is 10.8. The maximum absolute atomic E-state index is 12.8. The van der Waals surface area contributed by atoms with E-state index in [0.29, 0.717) is 23.5 Å². The van der Waals surface area contributed by atoms with Crippen LogP contribution in [0.5, 0.6) is 11.5 Å². The number of hydrogen-bond acceptors (Lipinski definition) is 6. The molecule has 1 amide bonds. The second-order valence-electron chi connectivity index (χ2n) is 6.77. The van der Waals surface area contributed by atoms with Gasteiger partial charge in [0.05, 0.1) is 38.2 Å². The highest BCUT2D eigenvalue weighted by molar-refractivity contribution is 7.98. The van der Waals surface area contributed by atoms with Gasteiger partial charge in [-0.2, -0.15) is 5.10 Å². The van der Waals surface area contributed by atoms with Gasteiger partial charge in [-0.15, -0.1) is 11.8 Å². The Hall–Kier alpha value is -3.52. The number of ether oxygens (including phenoxy) is 2. The molecule has 4 rings (SSSR count). The summed E-state index contributed by atoms with van der Waals surface area (Å²) in [7, 11) is 3.24. The SMILES string of the molecule is COc1ccc(Cn2ncc3cc(C(=O)Nc4ccccc4SC)cnc32)c(OC)c1. The van der Waals surface area contributed by atoms with E-state index in [9.17, 15) is 4.79 Å². The van der Waals surface area contributed by atoms with E-state index in [1.165, 1.54) is 0 Å². The minimum absolute atomic E-state index is 0.208. The first-order valence-electron chi connectivity index (χ1n) is 9.59. The topological polar surface area (TPSA) is 78.3 Å².